The van der Waals surface area contributed by atoms with Gasteiger partial charge in [-0.3, -0.25) is 0 Å². The zero-order valence-electron chi connectivity index (χ0n) is 10.9. The Bertz CT molecular complexity index is 570. The zero-order valence-corrected chi connectivity index (χ0v) is 12.5. The average Bonchev–Trinajstić information content (AvgIpc) is 2.91. The summed E-state index contributed by atoms with van der Waals surface area (Å²) in [4.78, 5) is 15.1. The van der Waals surface area contributed by atoms with Crippen molar-refractivity contribution in [3.63, 3.8) is 0 Å². The van der Waals surface area contributed by atoms with Crippen LogP contribution in [-0.2, 0) is 6.54 Å². The summed E-state index contributed by atoms with van der Waals surface area (Å²) < 4.78 is 2.89. The van der Waals surface area contributed by atoms with Gasteiger partial charge in [-0.25, -0.2) is 9.78 Å². The molecule has 0 atom stereocenters. The highest BCUT2D eigenvalue weighted by Gasteiger charge is 2.09. The zero-order chi connectivity index (χ0) is 14.4. The number of aromatic nitrogens is 2. The number of nitrogens with zero attached hydrogens (tertiary/aromatic N) is 2. The molecule has 1 aromatic heterocycles. The fourth-order valence-electron chi connectivity index (χ4n) is 1.91. The molecule has 0 aliphatic rings. The number of nitrogens with one attached hydrogen (secondary N) is 1. The van der Waals surface area contributed by atoms with Crippen molar-refractivity contribution in [1.29, 1.82) is 0 Å². The first-order valence-electron chi connectivity index (χ1n) is 6.39. The van der Waals surface area contributed by atoms with E-state index in [9.17, 15) is 4.79 Å². The Hall–Kier alpha value is -1.82. The van der Waals surface area contributed by atoms with Crippen LogP contribution in [0.15, 0.2) is 41.4 Å². The monoisotopic (exact) mass is 337 g/mol. The maximum absolute atomic E-state index is 11.1. The second-order valence-corrected chi connectivity index (χ2v) is 5.35. The molecule has 0 unspecified atom stereocenters. The first-order chi connectivity index (χ1) is 9.66. The van der Waals surface area contributed by atoms with E-state index in [0.717, 1.165) is 30.4 Å². The van der Waals surface area contributed by atoms with Gasteiger partial charge in [0.2, 0.25) is 0 Å². The van der Waals surface area contributed by atoms with Crippen LogP contribution in [0.4, 0.5) is 5.69 Å². The van der Waals surface area contributed by atoms with Gasteiger partial charge in [0, 0.05) is 35.6 Å². The van der Waals surface area contributed by atoms with Crippen molar-refractivity contribution in [2.45, 2.75) is 19.4 Å². The van der Waals surface area contributed by atoms with Crippen LogP contribution >= 0.6 is 15.9 Å². The summed E-state index contributed by atoms with van der Waals surface area (Å²) in [5.41, 5.74) is 0.942. The van der Waals surface area contributed by atoms with E-state index in [1.165, 1.54) is 0 Å². The maximum Gasteiger partial charge on any atom is 0.337 e. The van der Waals surface area contributed by atoms with Crippen LogP contribution in [0.2, 0.25) is 0 Å². The van der Waals surface area contributed by atoms with E-state index in [2.05, 4.69) is 26.2 Å². The summed E-state index contributed by atoms with van der Waals surface area (Å²) in [6.45, 7) is 1.66. The molecule has 0 spiro atoms. The van der Waals surface area contributed by atoms with Crippen LogP contribution in [0.3, 0.4) is 0 Å². The molecule has 0 aliphatic heterocycles. The number of benzene rings is 1. The summed E-state index contributed by atoms with van der Waals surface area (Å²) in [5.74, 6) is -0.918. The van der Waals surface area contributed by atoms with Gasteiger partial charge < -0.3 is 15.0 Å². The Kier molecular flexibility index (Phi) is 5.17. The summed E-state index contributed by atoms with van der Waals surface area (Å²) in [5, 5.41) is 12.3. The molecule has 5 nitrogen and oxygen atoms in total. The first-order valence-corrected chi connectivity index (χ1v) is 7.18. The quantitative estimate of drug-likeness (QED) is 0.761. The molecule has 0 saturated heterocycles. The van der Waals surface area contributed by atoms with E-state index in [4.69, 9.17) is 5.11 Å². The van der Waals surface area contributed by atoms with Gasteiger partial charge in [-0.1, -0.05) is 15.9 Å². The van der Waals surface area contributed by atoms with Gasteiger partial charge in [-0.2, -0.15) is 0 Å². The van der Waals surface area contributed by atoms with Gasteiger partial charge >= 0.3 is 5.97 Å². The Balaban J connectivity index is 1.81. The minimum atomic E-state index is -0.918. The number of carboxylic acid groups (broad SMARTS) is 1. The predicted octanol–water partition coefficient (Wildman–Crippen LogP) is 3.24. The van der Waals surface area contributed by atoms with Crippen molar-refractivity contribution >= 4 is 27.6 Å². The molecule has 2 rings (SSSR count). The number of aromatic carboxylic acids is 1. The smallest absolute Gasteiger partial charge is 0.337 e. The number of rotatable bonds is 7. The number of imidazole rings is 1. The van der Waals surface area contributed by atoms with Gasteiger partial charge in [0.15, 0.2) is 0 Å². The van der Waals surface area contributed by atoms with Crippen LogP contribution < -0.4 is 5.32 Å². The topological polar surface area (TPSA) is 67.2 Å². The highest BCUT2D eigenvalue weighted by molar-refractivity contribution is 9.10. The van der Waals surface area contributed by atoms with E-state index in [-0.39, 0.29) is 0 Å². The van der Waals surface area contributed by atoms with Crippen LogP contribution in [0.5, 0.6) is 0 Å². The molecule has 1 heterocycles. The van der Waals surface area contributed by atoms with Crippen LogP contribution in [0.1, 0.15) is 23.2 Å². The molecule has 1 aromatic carbocycles. The molecular weight excluding hydrogens is 322 g/mol. The SMILES string of the molecule is O=C(O)c1ccc(Br)cc1NCCCCn1ccnc1. The molecule has 20 heavy (non-hydrogen) atoms. The van der Waals surface area contributed by atoms with Crippen LogP contribution in [0, 0.1) is 0 Å². The van der Waals surface area contributed by atoms with Crippen LogP contribution in [-0.4, -0.2) is 27.2 Å². The second kappa shape index (κ2) is 7.09. The summed E-state index contributed by atoms with van der Waals surface area (Å²) in [6.07, 6.45) is 7.47. The van der Waals surface area contributed by atoms with Gasteiger partial charge in [-0.05, 0) is 31.0 Å². The van der Waals surface area contributed by atoms with E-state index >= 15 is 0 Å². The minimum absolute atomic E-state index is 0.294. The van der Waals surface area contributed by atoms with Crippen molar-refractivity contribution in [2.24, 2.45) is 0 Å². The standard InChI is InChI=1S/C14H16BrN3O2/c15-11-3-4-12(14(19)20)13(9-11)17-5-1-2-7-18-8-6-16-10-18/h3-4,6,8-10,17H,1-2,5,7H2,(H,19,20). The van der Waals surface area contributed by atoms with E-state index < -0.39 is 5.97 Å². The molecule has 0 bridgehead atoms. The third kappa shape index (κ3) is 4.09. The summed E-state index contributed by atoms with van der Waals surface area (Å²) in [7, 11) is 0. The third-order valence-corrected chi connectivity index (χ3v) is 3.42. The van der Waals surface area contributed by atoms with Gasteiger partial charge in [0.1, 0.15) is 0 Å². The highest BCUT2D eigenvalue weighted by Crippen LogP contribution is 2.21. The number of unbranched alkanes of at least 4 members (excludes halogenated alkanes) is 1. The molecule has 0 amide bonds. The molecule has 2 aromatic rings. The number of hydrogen-bond acceptors (Lipinski definition) is 3. The molecule has 0 radical (unpaired) electrons. The fourth-order valence-corrected chi connectivity index (χ4v) is 2.27. The second-order valence-electron chi connectivity index (χ2n) is 4.43. The highest BCUT2D eigenvalue weighted by atomic mass is 79.9. The van der Waals surface area contributed by atoms with Gasteiger partial charge in [0.05, 0.1) is 11.9 Å². The lowest BCUT2D eigenvalue weighted by Gasteiger charge is -2.10. The van der Waals surface area contributed by atoms with Gasteiger partial charge in [0.25, 0.3) is 0 Å². The molecular formula is C14H16BrN3O2. The Morgan fingerprint density at radius 1 is 1.40 bits per heavy atom. The van der Waals surface area contributed by atoms with Crippen molar-refractivity contribution < 1.29 is 9.90 Å². The van der Waals surface area contributed by atoms with Crippen molar-refractivity contribution in [3.05, 3.63) is 47.0 Å². The Morgan fingerprint density at radius 2 is 2.25 bits per heavy atom. The largest absolute Gasteiger partial charge is 0.478 e. The molecule has 0 saturated carbocycles. The number of halogens is 1. The van der Waals surface area contributed by atoms with E-state index in [0.29, 0.717) is 11.3 Å². The third-order valence-electron chi connectivity index (χ3n) is 2.93. The summed E-state index contributed by atoms with van der Waals surface area (Å²) in [6, 6.07) is 5.12. The lowest BCUT2D eigenvalue weighted by Crippen LogP contribution is -2.08. The molecule has 2 N–H and O–H groups in total. The Labute approximate surface area is 125 Å². The lowest BCUT2D eigenvalue weighted by molar-refractivity contribution is 0.0698. The van der Waals surface area contributed by atoms with E-state index in [1.54, 1.807) is 30.7 Å². The number of hydrogen-bond donors (Lipinski definition) is 2. The Morgan fingerprint density at radius 3 is 2.95 bits per heavy atom. The molecule has 0 fully saturated rings. The lowest BCUT2D eigenvalue weighted by atomic mass is 10.1. The molecule has 6 heteroatoms. The predicted molar refractivity (Wildman–Crippen MR) is 81.1 cm³/mol. The number of anilines is 1. The number of carboxylic acids is 1. The maximum atomic E-state index is 11.1. The normalized spacial score (nSPS) is 10.4. The van der Waals surface area contributed by atoms with Crippen molar-refractivity contribution in [2.75, 3.05) is 11.9 Å². The van der Waals surface area contributed by atoms with Gasteiger partial charge in [-0.15, -0.1) is 0 Å². The van der Waals surface area contributed by atoms with Crippen LogP contribution in [0.25, 0.3) is 0 Å². The van der Waals surface area contributed by atoms with Crippen molar-refractivity contribution in [3.8, 4) is 0 Å². The number of aryl methyl sites for hydroxylation is 1. The minimum Gasteiger partial charge on any atom is -0.478 e. The fraction of sp³-hybridized carbons (Fsp3) is 0.286. The molecule has 106 valence electrons. The molecule has 0 aliphatic carbocycles. The summed E-state index contributed by atoms with van der Waals surface area (Å²) >= 11 is 3.35. The van der Waals surface area contributed by atoms with Crippen molar-refractivity contribution in [1.82, 2.24) is 9.55 Å². The average molecular weight is 338 g/mol. The number of carbonyl (C=O) groups is 1. The van der Waals surface area contributed by atoms with E-state index in [1.807, 2.05) is 10.8 Å². The first kappa shape index (κ1) is 14.6.